The average molecular weight is 362 g/mol. The molecule has 0 spiro atoms. The molecule has 0 aliphatic rings. The number of rotatable bonds is 5. The van der Waals surface area contributed by atoms with E-state index in [-0.39, 0.29) is 16.4 Å². The number of sulfonamides is 1. The molecule has 2 rings (SSSR count). The standard InChI is InChI=1S/C13H12ClNO5S2/c1-19-11-3-2-10(14)4-8(11)6-20-13(16)9-5-12(21-7-9)22(15,17)18/h2-5,7H,6H2,1H3,(H2,15,17,18). The average Bonchev–Trinajstić information content (AvgIpc) is 2.95. The predicted octanol–water partition coefficient (Wildman–Crippen LogP) is 2.41. The van der Waals surface area contributed by atoms with Gasteiger partial charge in [-0.1, -0.05) is 11.6 Å². The minimum absolute atomic E-state index is 0.0525. The van der Waals surface area contributed by atoms with Crippen LogP contribution in [0.15, 0.2) is 33.9 Å². The number of benzene rings is 1. The SMILES string of the molecule is COc1ccc(Cl)cc1COC(=O)c1csc(S(N)(=O)=O)c1. The summed E-state index contributed by atoms with van der Waals surface area (Å²) in [5.41, 5.74) is 0.722. The second-order valence-electron chi connectivity index (χ2n) is 4.23. The lowest BCUT2D eigenvalue weighted by molar-refractivity contribution is 0.0470. The Morgan fingerprint density at radius 2 is 2.09 bits per heavy atom. The van der Waals surface area contributed by atoms with E-state index in [1.807, 2.05) is 0 Å². The number of esters is 1. The van der Waals surface area contributed by atoms with Crippen molar-refractivity contribution in [2.45, 2.75) is 10.8 Å². The van der Waals surface area contributed by atoms with Crippen molar-refractivity contribution in [3.05, 3.63) is 45.8 Å². The summed E-state index contributed by atoms with van der Waals surface area (Å²) in [5, 5.41) is 6.85. The van der Waals surface area contributed by atoms with E-state index in [9.17, 15) is 13.2 Å². The minimum Gasteiger partial charge on any atom is -0.496 e. The van der Waals surface area contributed by atoms with E-state index in [0.717, 1.165) is 11.3 Å². The third-order valence-electron chi connectivity index (χ3n) is 2.69. The second-order valence-corrected chi connectivity index (χ2v) is 7.37. The molecule has 1 aromatic carbocycles. The molecule has 0 aliphatic heterocycles. The van der Waals surface area contributed by atoms with Crippen LogP contribution in [0.25, 0.3) is 0 Å². The summed E-state index contributed by atoms with van der Waals surface area (Å²) in [6.07, 6.45) is 0. The molecule has 6 nitrogen and oxygen atoms in total. The number of nitrogens with two attached hydrogens (primary N) is 1. The molecule has 22 heavy (non-hydrogen) atoms. The first-order valence-electron chi connectivity index (χ1n) is 5.92. The van der Waals surface area contributed by atoms with Crippen LogP contribution in [0.2, 0.25) is 5.02 Å². The largest absolute Gasteiger partial charge is 0.496 e. The Bertz CT molecular complexity index is 801. The zero-order valence-electron chi connectivity index (χ0n) is 11.4. The van der Waals surface area contributed by atoms with Crippen LogP contribution in [0, 0.1) is 0 Å². The van der Waals surface area contributed by atoms with Crippen molar-refractivity contribution in [1.29, 1.82) is 0 Å². The zero-order valence-corrected chi connectivity index (χ0v) is 13.8. The fourth-order valence-electron chi connectivity index (χ4n) is 1.66. The van der Waals surface area contributed by atoms with Crippen molar-refractivity contribution in [1.82, 2.24) is 0 Å². The van der Waals surface area contributed by atoms with Gasteiger partial charge in [0.2, 0.25) is 10.0 Å². The van der Waals surface area contributed by atoms with E-state index < -0.39 is 16.0 Å². The summed E-state index contributed by atoms with van der Waals surface area (Å²) >= 11 is 6.74. The van der Waals surface area contributed by atoms with Crippen LogP contribution in [0.3, 0.4) is 0 Å². The normalized spacial score (nSPS) is 11.2. The van der Waals surface area contributed by atoms with Gasteiger partial charge >= 0.3 is 5.97 Å². The highest BCUT2D eigenvalue weighted by Gasteiger charge is 2.17. The van der Waals surface area contributed by atoms with Gasteiger partial charge in [-0.2, -0.15) is 0 Å². The summed E-state index contributed by atoms with van der Waals surface area (Å²) in [6.45, 7) is -0.0525. The molecule has 1 heterocycles. The van der Waals surface area contributed by atoms with Crippen LogP contribution in [0.1, 0.15) is 15.9 Å². The van der Waals surface area contributed by atoms with E-state index in [4.69, 9.17) is 26.2 Å². The number of ether oxygens (including phenoxy) is 2. The summed E-state index contributed by atoms with van der Waals surface area (Å²) in [4.78, 5) is 11.9. The van der Waals surface area contributed by atoms with Gasteiger partial charge in [0.25, 0.3) is 0 Å². The van der Waals surface area contributed by atoms with Gasteiger partial charge in [-0.05, 0) is 24.3 Å². The van der Waals surface area contributed by atoms with Gasteiger partial charge in [0, 0.05) is 16.0 Å². The Hall–Kier alpha value is -1.61. The number of carbonyl (C=O) groups is 1. The fourth-order valence-corrected chi connectivity index (χ4v) is 3.43. The van der Waals surface area contributed by atoms with Crippen LogP contribution in [-0.4, -0.2) is 21.5 Å². The maximum atomic E-state index is 11.9. The van der Waals surface area contributed by atoms with Crippen LogP contribution < -0.4 is 9.88 Å². The van der Waals surface area contributed by atoms with Crippen molar-refractivity contribution in [3.8, 4) is 5.75 Å². The molecule has 1 aromatic heterocycles. The van der Waals surface area contributed by atoms with Gasteiger partial charge < -0.3 is 9.47 Å². The van der Waals surface area contributed by atoms with Gasteiger partial charge in [-0.3, -0.25) is 0 Å². The molecule has 2 N–H and O–H groups in total. The van der Waals surface area contributed by atoms with E-state index in [1.54, 1.807) is 18.2 Å². The molecule has 0 aliphatic carbocycles. The lowest BCUT2D eigenvalue weighted by Gasteiger charge is -2.09. The molecule has 0 radical (unpaired) electrons. The summed E-state index contributed by atoms with van der Waals surface area (Å²) in [7, 11) is -2.33. The number of primary sulfonamides is 1. The topological polar surface area (TPSA) is 95.7 Å². The molecule has 0 fully saturated rings. The number of hydrogen-bond donors (Lipinski definition) is 1. The molecular formula is C13H12ClNO5S2. The molecule has 9 heteroatoms. The van der Waals surface area contributed by atoms with Crippen molar-refractivity contribution < 1.29 is 22.7 Å². The third-order valence-corrected chi connectivity index (χ3v) is 5.31. The molecule has 0 unspecified atom stereocenters. The molecule has 0 saturated heterocycles. The Morgan fingerprint density at radius 1 is 1.36 bits per heavy atom. The number of halogens is 1. The smallest absolute Gasteiger partial charge is 0.339 e. The number of thiophene rings is 1. The minimum atomic E-state index is -3.83. The first kappa shape index (κ1) is 16.8. The molecule has 2 aromatic rings. The molecule has 0 atom stereocenters. The molecule has 0 bridgehead atoms. The first-order valence-corrected chi connectivity index (χ1v) is 8.72. The Labute approximate surface area is 136 Å². The molecular weight excluding hydrogens is 350 g/mol. The molecule has 118 valence electrons. The van der Waals surface area contributed by atoms with Gasteiger partial charge in [-0.15, -0.1) is 11.3 Å². The lowest BCUT2D eigenvalue weighted by atomic mass is 10.2. The van der Waals surface area contributed by atoms with E-state index in [2.05, 4.69) is 0 Å². The summed E-state index contributed by atoms with van der Waals surface area (Å²) < 4.78 is 32.5. The van der Waals surface area contributed by atoms with Crippen molar-refractivity contribution in [2.75, 3.05) is 7.11 Å². The number of hydrogen-bond acceptors (Lipinski definition) is 6. The summed E-state index contributed by atoms with van der Waals surface area (Å²) in [5.74, 6) is -0.124. The van der Waals surface area contributed by atoms with Gasteiger partial charge in [0.1, 0.15) is 16.6 Å². The molecule has 0 amide bonds. The quantitative estimate of drug-likeness (QED) is 0.825. The zero-order chi connectivity index (χ0) is 16.3. The first-order chi connectivity index (χ1) is 10.3. The monoisotopic (exact) mass is 361 g/mol. The van der Waals surface area contributed by atoms with Gasteiger partial charge in [0.15, 0.2) is 0 Å². The van der Waals surface area contributed by atoms with Crippen LogP contribution in [0.4, 0.5) is 0 Å². The van der Waals surface area contributed by atoms with E-state index >= 15 is 0 Å². The van der Waals surface area contributed by atoms with Crippen molar-refractivity contribution in [3.63, 3.8) is 0 Å². The maximum Gasteiger partial charge on any atom is 0.339 e. The number of methoxy groups -OCH3 is 1. The van der Waals surface area contributed by atoms with E-state index in [1.165, 1.54) is 18.6 Å². The lowest BCUT2D eigenvalue weighted by Crippen LogP contribution is -2.10. The maximum absolute atomic E-state index is 11.9. The van der Waals surface area contributed by atoms with Gasteiger partial charge in [-0.25, -0.2) is 18.4 Å². The second kappa shape index (κ2) is 6.66. The summed E-state index contributed by atoms with van der Waals surface area (Å²) in [6, 6.07) is 6.12. The molecule has 0 saturated carbocycles. The van der Waals surface area contributed by atoms with Gasteiger partial charge in [0.05, 0.1) is 12.7 Å². The van der Waals surface area contributed by atoms with Crippen molar-refractivity contribution in [2.24, 2.45) is 5.14 Å². The Kier molecular flexibility index (Phi) is 5.07. The fraction of sp³-hybridized carbons (Fsp3) is 0.154. The highest BCUT2D eigenvalue weighted by atomic mass is 35.5. The van der Waals surface area contributed by atoms with E-state index in [0.29, 0.717) is 16.3 Å². The highest BCUT2D eigenvalue weighted by molar-refractivity contribution is 7.91. The van der Waals surface area contributed by atoms with Crippen LogP contribution in [-0.2, 0) is 21.4 Å². The van der Waals surface area contributed by atoms with Crippen molar-refractivity contribution >= 4 is 38.9 Å². The van der Waals surface area contributed by atoms with Crippen LogP contribution >= 0.6 is 22.9 Å². The third kappa shape index (κ3) is 3.98. The van der Waals surface area contributed by atoms with Crippen LogP contribution in [0.5, 0.6) is 5.75 Å². The number of carbonyl (C=O) groups excluding carboxylic acids is 1. The Balaban J connectivity index is 2.10. The predicted molar refractivity (Wildman–Crippen MR) is 82.8 cm³/mol. The Morgan fingerprint density at radius 3 is 2.68 bits per heavy atom. The highest BCUT2D eigenvalue weighted by Crippen LogP contribution is 2.24.